The molecule has 0 unspecified atom stereocenters. The van der Waals surface area contributed by atoms with Crippen molar-refractivity contribution < 1.29 is 4.79 Å². The van der Waals surface area contributed by atoms with Gasteiger partial charge in [0.05, 0.1) is 11.0 Å². The van der Waals surface area contributed by atoms with Crippen LogP contribution in [-0.4, -0.2) is 22.0 Å². The van der Waals surface area contributed by atoms with Crippen LogP contribution in [0.1, 0.15) is 28.4 Å². The number of pyridine rings is 2. The second kappa shape index (κ2) is 7.89. The third-order valence-corrected chi connectivity index (χ3v) is 4.13. The molecule has 0 amide bonds. The van der Waals surface area contributed by atoms with Gasteiger partial charge in [0.25, 0.3) is 0 Å². The van der Waals surface area contributed by atoms with E-state index in [-0.39, 0.29) is 5.78 Å². The Kier molecular flexibility index (Phi) is 5.39. The first-order chi connectivity index (χ1) is 12.6. The number of hydrogen-bond donors (Lipinski definition) is 2. The summed E-state index contributed by atoms with van der Waals surface area (Å²) in [5.41, 5.74) is 4.63. The van der Waals surface area contributed by atoms with E-state index < -0.39 is 0 Å². The van der Waals surface area contributed by atoms with Crippen molar-refractivity contribution in [3.05, 3.63) is 76.7 Å². The maximum absolute atomic E-state index is 11.3. The Morgan fingerprint density at radius 3 is 2.62 bits per heavy atom. The van der Waals surface area contributed by atoms with Crippen LogP contribution in [0.25, 0.3) is 16.6 Å². The molecule has 1 aromatic carbocycles. The van der Waals surface area contributed by atoms with Crippen LogP contribution in [0, 0.1) is 5.41 Å². The van der Waals surface area contributed by atoms with E-state index in [1.54, 1.807) is 25.4 Å². The molecule has 2 heterocycles. The summed E-state index contributed by atoms with van der Waals surface area (Å²) in [4.78, 5) is 19.9. The molecule has 0 aliphatic carbocycles. The van der Waals surface area contributed by atoms with Gasteiger partial charge < -0.3 is 10.7 Å². The number of benzene rings is 1. The van der Waals surface area contributed by atoms with Crippen LogP contribution in [0.4, 0.5) is 0 Å². The molecule has 0 aliphatic rings. The number of ketones is 1. The van der Waals surface area contributed by atoms with Gasteiger partial charge in [-0.2, -0.15) is 0 Å². The second-order valence-electron chi connectivity index (χ2n) is 5.77. The van der Waals surface area contributed by atoms with Crippen molar-refractivity contribution in [2.75, 3.05) is 0 Å². The number of nitrogens with zero attached hydrogens (tertiary/aromatic N) is 2. The first-order valence-electron chi connectivity index (χ1n) is 8.03. The van der Waals surface area contributed by atoms with Crippen LogP contribution < -0.4 is 5.32 Å². The topological polar surface area (TPSA) is 78.7 Å². The molecule has 26 heavy (non-hydrogen) atoms. The SMILES string of the molecule is CC(=O)c1ccc(CN/C=C(\C=N)c2cnc3ccc(Cl)nc3c2)cc1. The van der Waals surface area contributed by atoms with E-state index in [9.17, 15) is 4.79 Å². The fourth-order valence-corrected chi connectivity index (χ4v) is 2.64. The molecule has 5 nitrogen and oxygen atoms in total. The summed E-state index contributed by atoms with van der Waals surface area (Å²) in [5.74, 6) is 0.0491. The quantitative estimate of drug-likeness (QED) is 0.389. The zero-order valence-corrected chi connectivity index (χ0v) is 14.9. The van der Waals surface area contributed by atoms with Crippen LogP contribution >= 0.6 is 11.6 Å². The maximum Gasteiger partial charge on any atom is 0.159 e. The van der Waals surface area contributed by atoms with Crippen LogP contribution in [0.5, 0.6) is 0 Å². The summed E-state index contributed by atoms with van der Waals surface area (Å²) in [6.45, 7) is 2.13. The van der Waals surface area contributed by atoms with Crippen LogP contribution in [0.15, 0.2) is 54.9 Å². The third kappa shape index (κ3) is 4.13. The fraction of sp³-hybridized carbons (Fsp3) is 0.100. The van der Waals surface area contributed by atoms with Gasteiger partial charge in [0.15, 0.2) is 5.78 Å². The number of fused-ring (bicyclic) bond motifs is 1. The lowest BCUT2D eigenvalue weighted by atomic mass is 10.1. The Morgan fingerprint density at radius 2 is 1.92 bits per heavy atom. The first-order valence-corrected chi connectivity index (χ1v) is 8.41. The maximum atomic E-state index is 11.3. The molecular formula is C20H17ClN4O. The molecule has 3 rings (SSSR count). The normalized spacial score (nSPS) is 11.4. The average molecular weight is 365 g/mol. The minimum atomic E-state index is 0.0491. The Hall–Kier alpha value is -3.05. The largest absolute Gasteiger partial charge is 0.386 e. The van der Waals surface area contributed by atoms with Gasteiger partial charge in [-0.05, 0) is 30.7 Å². The molecule has 0 bridgehead atoms. The lowest BCUT2D eigenvalue weighted by Gasteiger charge is -2.06. The smallest absolute Gasteiger partial charge is 0.159 e. The standard InChI is InChI=1S/C20H17ClN4O/c1-13(26)15-4-2-14(3-5-15)10-23-11-17(9-22)16-8-19-18(24-12-16)6-7-20(21)25-19/h2-9,11-12,22-23H,10H2,1H3/b17-11+,22-9?. The third-order valence-electron chi connectivity index (χ3n) is 3.92. The number of rotatable bonds is 6. The lowest BCUT2D eigenvalue weighted by molar-refractivity contribution is 0.101. The molecule has 0 spiro atoms. The summed E-state index contributed by atoms with van der Waals surface area (Å²) < 4.78 is 0. The molecule has 2 aromatic heterocycles. The van der Waals surface area contributed by atoms with Gasteiger partial charge in [0.2, 0.25) is 0 Å². The fourth-order valence-electron chi connectivity index (χ4n) is 2.48. The molecule has 0 saturated carbocycles. The van der Waals surface area contributed by atoms with Crippen molar-refractivity contribution in [1.82, 2.24) is 15.3 Å². The van der Waals surface area contributed by atoms with E-state index in [2.05, 4.69) is 15.3 Å². The molecule has 2 N–H and O–H groups in total. The summed E-state index contributed by atoms with van der Waals surface area (Å²) in [6, 6.07) is 12.8. The number of hydrogen-bond acceptors (Lipinski definition) is 5. The monoisotopic (exact) mass is 364 g/mol. The number of Topliss-reactive ketones (excluding diaryl/α,β-unsaturated/α-hetero) is 1. The Morgan fingerprint density at radius 1 is 1.15 bits per heavy atom. The van der Waals surface area contributed by atoms with Crippen molar-refractivity contribution in [2.24, 2.45) is 0 Å². The number of carbonyl (C=O) groups excluding carboxylic acids is 1. The zero-order valence-electron chi connectivity index (χ0n) is 14.2. The Labute approximate surface area is 156 Å². The number of halogens is 1. The molecule has 3 aromatic rings. The van der Waals surface area contributed by atoms with Crippen molar-refractivity contribution in [2.45, 2.75) is 13.5 Å². The molecule has 130 valence electrons. The average Bonchev–Trinajstić information content (AvgIpc) is 2.65. The molecule has 0 atom stereocenters. The van der Waals surface area contributed by atoms with Gasteiger partial charge in [0, 0.05) is 41.9 Å². The van der Waals surface area contributed by atoms with Gasteiger partial charge >= 0.3 is 0 Å². The highest BCUT2D eigenvalue weighted by atomic mass is 35.5. The number of nitrogens with one attached hydrogen (secondary N) is 2. The number of aromatic nitrogens is 2. The van der Waals surface area contributed by atoms with E-state index in [0.717, 1.165) is 16.6 Å². The zero-order chi connectivity index (χ0) is 18.5. The van der Waals surface area contributed by atoms with Gasteiger partial charge in [-0.1, -0.05) is 35.9 Å². The van der Waals surface area contributed by atoms with E-state index in [0.29, 0.717) is 28.4 Å². The van der Waals surface area contributed by atoms with Gasteiger partial charge in [-0.15, -0.1) is 0 Å². The van der Waals surface area contributed by atoms with Gasteiger partial charge in [0.1, 0.15) is 5.15 Å². The second-order valence-corrected chi connectivity index (χ2v) is 6.16. The highest BCUT2D eigenvalue weighted by molar-refractivity contribution is 6.29. The van der Waals surface area contributed by atoms with E-state index in [1.807, 2.05) is 36.4 Å². The predicted octanol–water partition coefficient (Wildman–Crippen LogP) is 4.27. The van der Waals surface area contributed by atoms with E-state index in [4.69, 9.17) is 17.0 Å². The minimum absolute atomic E-state index is 0.0491. The van der Waals surface area contributed by atoms with Crippen molar-refractivity contribution >= 4 is 40.2 Å². The molecule has 0 aliphatic heterocycles. The van der Waals surface area contributed by atoms with E-state index >= 15 is 0 Å². The van der Waals surface area contributed by atoms with Crippen LogP contribution in [-0.2, 0) is 6.54 Å². The summed E-state index contributed by atoms with van der Waals surface area (Å²) in [5, 5.41) is 11.3. The minimum Gasteiger partial charge on any atom is -0.386 e. The van der Waals surface area contributed by atoms with Crippen molar-refractivity contribution in [3.63, 3.8) is 0 Å². The van der Waals surface area contributed by atoms with E-state index in [1.165, 1.54) is 6.21 Å². The summed E-state index contributed by atoms with van der Waals surface area (Å²) in [6.07, 6.45) is 4.73. The molecule has 0 radical (unpaired) electrons. The first kappa shape index (κ1) is 17.8. The Bertz CT molecular complexity index is 996. The summed E-state index contributed by atoms with van der Waals surface area (Å²) >= 11 is 5.93. The molecule has 6 heteroatoms. The number of carbonyl (C=O) groups is 1. The molecule has 0 saturated heterocycles. The summed E-state index contributed by atoms with van der Waals surface area (Å²) in [7, 11) is 0. The predicted molar refractivity (Wildman–Crippen MR) is 105 cm³/mol. The highest BCUT2D eigenvalue weighted by Crippen LogP contribution is 2.18. The Balaban J connectivity index is 1.75. The van der Waals surface area contributed by atoms with Crippen LogP contribution in [0.2, 0.25) is 5.15 Å². The lowest BCUT2D eigenvalue weighted by Crippen LogP contribution is -2.06. The van der Waals surface area contributed by atoms with Gasteiger partial charge in [-0.25, -0.2) is 4.98 Å². The van der Waals surface area contributed by atoms with Crippen LogP contribution in [0.3, 0.4) is 0 Å². The van der Waals surface area contributed by atoms with Crippen molar-refractivity contribution in [1.29, 1.82) is 5.41 Å². The van der Waals surface area contributed by atoms with Gasteiger partial charge in [-0.3, -0.25) is 9.78 Å². The highest BCUT2D eigenvalue weighted by Gasteiger charge is 2.04. The van der Waals surface area contributed by atoms with Crippen molar-refractivity contribution in [3.8, 4) is 0 Å². The molecular weight excluding hydrogens is 348 g/mol. The molecule has 0 fully saturated rings. The number of allylic oxidation sites excluding steroid dienone is 1.